The van der Waals surface area contributed by atoms with Crippen molar-refractivity contribution in [1.82, 2.24) is 16.0 Å². The van der Waals surface area contributed by atoms with Crippen molar-refractivity contribution in [3.05, 3.63) is 23.9 Å². The Morgan fingerprint density at radius 1 is 1.17 bits per heavy atom. The molecule has 3 aliphatic heterocycles. The quantitative estimate of drug-likeness (QED) is 0.215. The summed E-state index contributed by atoms with van der Waals surface area (Å²) in [6, 6.07) is -1.31. The second kappa shape index (κ2) is 17.0. The van der Waals surface area contributed by atoms with Gasteiger partial charge in [-0.1, -0.05) is 76.4 Å². The first kappa shape index (κ1) is 34.1. The number of unbranched alkanes of at least 4 members (excludes halogenated alkanes) is 5. The highest BCUT2D eigenvalue weighted by atomic mass is 32.2. The van der Waals surface area contributed by atoms with Crippen molar-refractivity contribution >= 4 is 57.1 Å². The van der Waals surface area contributed by atoms with Gasteiger partial charge in [-0.3, -0.25) is 29.2 Å². The molecule has 3 N–H and O–H groups in total. The van der Waals surface area contributed by atoms with Crippen LogP contribution in [0.4, 0.5) is 0 Å². The van der Waals surface area contributed by atoms with Gasteiger partial charge >= 0.3 is 0 Å². The topological polar surface area (TPSA) is 129 Å². The molecule has 0 saturated heterocycles. The molecule has 0 spiro atoms. The molecule has 3 rings (SSSR count). The second-order valence-corrected chi connectivity index (χ2v) is 13.8. The van der Waals surface area contributed by atoms with E-state index in [-0.39, 0.29) is 35.2 Å². The number of thioether (sulfide) groups is 2. The first-order valence-electron chi connectivity index (χ1n) is 15.3. The highest BCUT2D eigenvalue weighted by molar-refractivity contribution is 8.14. The van der Waals surface area contributed by atoms with Crippen LogP contribution in [0, 0.1) is 5.92 Å². The third-order valence-corrected chi connectivity index (χ3v) is 9.74. The summed E-state index contributed by atoms with van der Waals surface area (Å²) in [5.74, 6) is 0.214. The maximum Gasteiger partial charge on any atom is 0.249 e. The lowest BCUT2D eigenvalue weighted by Gasteiger charge is -2.27. The summed E-state index contributed by atoms with van der Waals surface area (Å²) in [6.45, 7) is 8.04. The maximum atomic E-state index is 13.4. The first-order chi connectivity index (χ1) is 20.1. The van der Waals surface area contributed by atoms with Crippen LogP contribution in [-0.4, -0.2) is 69.3 Å². The number of allylic oxidation sites excluding steroid dienone is 2. The van der Waals surface area contributed by atoms with Gasteiger partial charge in [0.2, 0.25) is 17.7 Å². The highest BCUT2D eigenvalue weighted by Crippen LogP contribution is 2.33. The minimum absolute atomic E-state index is 0.0696. The fraction of sp³-hybridized carbons (Fsp3) is 0.677. The molecule has 0 saturated carbocycles. The van der Waals surface area contributed by atoms with Gasteiger partial charge in [0.05, 0.1) is 24.7 Å². The number of carbonyl (C=O) groups excluding carboxylic acids is 4. The molecule has 232 valence electrons. The third kappa shape index (κ3) is 10.7. The molecule has 3 aliphatic rings. The normalized spacial score (nSPS) is 25.2. The number of aliphatic imine (C=N–C) groups is 2. The lowest BCUT2D eigenvalue weighted by molar-refractivity contribution is -0.132. The van der Waals surface area contributed by atoms with Crippen LogP contribution >= 0.6 is 23.5 Å². The van der Waals surface area contributed by atoms with Gasteiger partial charge in [-0.05, 0) is 32.1 Å². The zero-order valence-corrected chi connectivity index (χ0v) is 27.1. The van der Waals surface area contributed by atoms with Gasteiger partial charge in [-0.25, -0.2) is 0 Å². The van der Waals surface area contributed by atoms with E-state index in [9.17, 15) is 19.2 Å². The van der Waals surface area contributed by atoms with Gasteiger partial charge in [0.25, 0.3) is 0 Å². The second-order valence-electron chi connectivity index (χ2n) is 11.7. The van der Waals surface area contributed by atoms with E-state index in [0.29, 0.717) is 30.2 Å². The molecule has 3 atom stereocenters. The summed E-state index contributed by atoms with van der Waals surface area (Å²) in [6.07, 6.45) is 14.4. The third-order valence-electron chi connectivity index (χ3n) is 7.45. The molecule has 0 aromatic heterocycles. The predicted molar refractivity (Wildman–Crippen MR) is 174 cm³/mol. The molecule has 0 fully saturated rings. The van der Waals surface area contributed by atoms with Crippen LogP contribution in [0.25, 0.3) is 0 Å². The van der Waals surface area contributed by atoms with Gasteiger partial charge in [-0.2, -0.15) is 0 Å². The zero-order valence-electron chi connectivity index (χ0n) is 25.5. The van der Waals surface area contributed by atoms with E-state index in [2.05, 4.69) is 27.9 Å². The zero-order chi connectivity index (χ0) is 30.5. The Balaban J connectivity index is 1.61. The first-order valence-corrected chi connectivity index (χ1v) is 17.3. The standard InChI is InChI=1S/C31H47N5O4S2/c1-5-6-7-8-11-14-26(38)41-17-12-9-10-13-22-18-25(37)32-19-23-15-16-24(33-23)29-36-31(4,20-42-29)30(40)35-27(21(2)3)28(39)34-22/h10,13,16,21-22,27H,5-9,11-12,14-15,17-20H2,1-4H3,(H,32,37)(H,34,39)(H,35,40)/b13-10+/t22-,27+,31+/m1/s1. The average molecular weight is 618 g/mol. The monoisotopic (exact) mass is 617 g/mol. The summed E-state index contributed by atoms with van der Waals surface area (Å²) >= 11 is 2.87. The Bertz CT molecular complexity index is 1120. The van der Waals surface area contributed by atoms with Crippen molar-refractivity contribution < 1.29 is 19.2 Å². The van der Waals surface area contributed by atoms with Crippen LogP contribution < -0.4 is 16.0 Å². The summed E-state index contributed by atoms with van der Waals surface area (Å²) in [5.41, 5.74) is 0.570. The van der Waals surface area contributed by atoms with Crippen molar-refractivity contribution in [3.63, 3.8) is 0 Å². The number of carbonyl (C=O) groups is 4. The molecule has 0 aliphatic carbocycles. The molecule has 0 radical (unpaired) electrons. The van der Waals surface area contributed by atoms with Crippen molar-refractivity contribution in [2.45, 2.75) is 110 Å². The molecule has 3 heterocycles. The minimum atomic E-state index is -0.994. The molecular formula is C31H47N5O4S2. The Morgan fingerprint density at radius 3 is 2.71 bits per heavy atom. The molecule has 9 nitrogen and oxygen atoms in total. The number of amides is 3. The number of rotatable bonds is 12. The molecule has 0 aromatic rings. The van der Waals surface area contributed by atoms with E-state index in [1.165, 1.54) is 42.8 Å². The predicted octanol–water partition coefficient (Wildman–Crippen LogP) is 4.72. The fourth-order valence-electron chi connectivity index (χ4n) is 4.80. The van der Waals surface area contributed by atoms with E-state index in [4.69, 9.17) is 4.99 Å². The summed E-state index contributed by atoms with van der Waals surface area (Å²) < 4.78 is 0. The number of fused-ring (bicyclic) bond motifs is 3. The Labute approximate surface area is 259 Å². The largest absolute Gasteiger partial charge is 0.351 e. The number of nitrogens with zero attached hydrogens (tertiary/aromatic N) is 2. The lowest BCUT2D eigenvalue weighted by atomic mass is 9.99. The van der Waals surface area contributed by atoms with Gasteiger partial charge in [0.15, 0.2) is 5.12 Å². The average Bonchev–Trinajstić information content (AvgIpc) is 3.59. The SMILES string of the molecule is CCCCCCCC(=O)SCCC/C=C/[C@@H]1CC(=O)NCC2=NC(=CC2)C2=N[C@@](C)(CS2)C(=O)N[C@@H](C(C)C)C(=O)N1. The molecule has 0 aromatic carbocycles. The molecule has 4 bridgehead atoms. The Morgan fingerprint density at radius 2 is 1.95 bits per heavy atom. The van der Waals surface area contributed by atoms with Gasteiger partial charge in [0.1, 0.15) is 16.6 Å². The van der Waals surface area contributed by atoms with E-state index in [1.807, 2.05) is 32.1 Å². The van der Waals surface area contributed by atoms with Crippen molar-refractivity contribution in [2.24, 2.45) is 15.9 Å². The molecule has 0 unspecified atom stereocenters. The Kier molecular flexibility index (Phi) is 13.8. The minimum Gasteiger partial charge on any atom is -0.351 e. The van der Waals surface area contributed by atoms with Crippen LogP contribution in [0.15, 0.2) is 33.9 Å². The van der Waals surface area contributed by atoms with Crippen LogP contribution in [0.5, 0.6) is 0 Å². The molecular weight excluding hydrogens is 571 g/mol. The van der Waals surface area contributed by atoms with Crippen molar-refractivity contribution in [3.8, 4) is 0 Å². The summed E-state index contributed by atoms with van der Waals surface area (Å²) in [5, 5.41) is 9.79. The maximum absolute atomic E-state index is 13.4. The number of nitrogens with one attached hydrogen (secondary N) is 3. The lowest BCUT2D eigenvalue weighted by Crippen LogP contribution is -2.56. The fourth-order valence-corrected chi connectivity index (χ4v) is 6.79. The van der Waals surface area contributed by atoms with Crippen molar-refractivity contribution in [2.75, 3.05) is 18.1 Å². The van der Waals surface area contributed by atoms with Gasteiger partial charge in [0, 0.05) is 30.1 Å². The summed E-state index contributed by atoms with van der Waals surface area (Å²) in [4.78, 5) is 61.0. The molecule has 11 heteroatoms. The Hall–Kier alpha value is -2.40. The van der Waals surface area contributed by atoms with E-state index >= 15 is 0 Å². The van der Waals surface area contributed by atoms with E-state index < -0.39 is 17.6 Å². The highest BCUT2D eigenvalue weighted by Gasteiger charge is 2.41. The number of hydrogen-bond donors (Lipinski definition) is 3. The van der Waals surface area contributed by atoms with Crippen LogP contribution in [0.2, 0.25) is 0 Å². The van der Waals surface area contributed by atoms with Crippen molar-refractivity contribution in [1.29, 1.82) is 0 Å². The number of hydrogen-bond acceptors (Lipinski definition) is 8. The van der Waals surface area contributed by atoms with Gasteiger partial charge in [-0.15, -0.1) is 11.8 Å². The summed E-state index contributed by atoms with van der Waals surface area (Å²) in [7, 11) is 0. The van der Waals surface area contributed by atoms with E-state index in [1.54, 1.807) is 6.92 Å². The van der Waals surface area contributed by atoms with Crippen LogP contribution in [-0.2, 0) is 19.2 Å². The smallest absolute Gasteiger partial charge is 0.249 e. The van der Waals surface area contributed by atoms with Crippen LogP contribution in [0.3, 0.4) is 0 Å². The molecule has 42 heavy (non-hydrogen) atoms. The van der Waals surface area contributed by atoms with Gasteiger partial charge < -0.3 is 16.0 Å². The molecule has 3 amide bonds. The van der Waals surface area contributed by atoms with Crippen LogP contribution in [0.1, 0.15) is 91.9 Å². The van der Waals surface area contributed by atoms with E-state index in [0.717, 1.165) is 42.8 Å².